The molecule has 2 aromatic carbocycles. The number of carbonyl (C=O) groups is 1. The first-order valence-corrected chi connectivity index (χ1v) is 7.54. The summed E-state index contributed by atoms with van der Waals surface area (Å²) in [6.45, 7) is 0. The number of ether oxygens (including phenoxy) is 1. The number of halogens is 2. The molecular weight excluding hydrogens is 354 g/mol. The third kappa shape index (κ3) is 3.99. The van der Waals surface area contributed by atoms with Crippen molar-refractivity contribution in [1.82, 2.24) is 4.90 Å². The lowest BCUT2D eigenvalue weighted by Crippen LogP contribution is -2.31. The Kier molecular flexibility index (Phi) is 5.26. The van der Waals surface area contributed by atoms with Crippen molar-refractivity contribution in [2.45, 2.75) is 6.10 Å². The van der Waals surface area contributed by atoms with Crippen molar-refractivity contribution in [2.24, 2.45) is 0 Å². The molecule has 0 saturated carbocycles. The highest BCUT2D eigenvalue weighted by Crippen LogP contribution is 2.32. The Hall–Kier alpha value is -1.52. The van der Waals surface area contributed by atoms with E-state index in [0.717, 1.165) is 5.56 Å². The Balaban J connectivity index is 2.34. The van der Waals surface area contributed by atoms with Gasteiger partial charge in [-0.05, 0) is 34.1 Å². The molecule has 0 spiro atoms. The number of nitrogens with zero attached hydrogens (tertiary/aromatic N) is 1. The summed E-state index contributed by atoms with van der Waals surface area (Å²) in [6, 6.07) is 14.6. The SMILES string of the molecule is CN(C)C(=O)C(Oc1ccc(Cl)cc1Br)c1ccccc1. The molecule has 110 valence electrons. The monoisotopic (exact) mass is 367 g/mol. The van der Waals surface area contributed by atoms with Gasteiger partial charge >= 0.3 is 0 Å². The molecule has 2 rings (SSSR count). The lowest BCUT2D eigenvalue weighted by atomic mass is 10.1. The highest BCUT2D eigenvalue weighted by molar-refractivity contribution is 9.10. The van der Waals surface area contributed by atoms with E-state index in [1.165, 1.54) is 4.90 Å². The zero-order valence-corrected chi connectivity index (χ0v) is 14.1. The first kappa shape index (κ1) is 15.9. The minimum Gasteiger partial charge on any atom is -0.475 e. The van der Waals surface area contributed by atoms with E-state index in [0.29, 0.717) is 15.2 Å². The Morgan fingerprint density at radius 1 is 1.19 bits per heavy atom. The van der Waals surface area contributed by atoms with Crippen LogP contribution in [-0.2, 0) is 4.79 Å². The molecule has 0 aliphatic carbocycles. The van der Waals surface area contributed by atoms with Gasteiger partial charge in [0.15, 0.2) is 0 Å². The van der Waals surface area contributed by atoms with Crippen LogP contribution in [0.15, 0.2) is 53.0 Å². The summed E-state index contributed by atoms with van der Waals surface area (Å²) in [7, 11) is 3.41. The quantitative estimate of drug-likeness (QED) is 0.805. The zero-order chi connectivity index (χ0) is 15.4. The molecule has 0 heterocycles. The van der Waals surface area contributed by atoms with Crippen LogP contribution in [0.1, 0.15) is 11.7 Å². The summed E-state index contributed by atoms with van der Waals surface area (Å²) in [5.74, 6) is 0.450. The number of hydrogen-bond donors (Lipinski definition) is 0. The van der Waals surface area contributed by atoms with Crippen LogP contribution in [0.3, 0.4) is 0 Å². The normalized spacial score (nSPS) is 11.8. The molecule has 0 aromatic heterocycles. The van der Waals surface area contributed by atoms with Gasteiger partial charge in [-0.2, -0.15) is 0 Å². The third-order valence-electron chi connectivity index (χ3n) is 2.91. The number of likely N-dealkylation sites (N-methyl/N-ethyl adjacent to an activating group) is 1. The zero-order valence-electron chi connectivity index (χ0n) is 11.7. The smallest absolute Gasteiger partial charge is 0.267 e. The minimum atomic E-state index is -0.696. The summed E-state index contributed by atoms with van der Waals surface area (Å²) < 4.78 is 6.62. The van der Waals surface area contributed by atoms with Gasteiger partial charge in [-0.1, -0.05) is 41.9 Å². The fourth-order valence-corrected chi connectivity index (χ4v) is 2.60. The molecule has 5 heteroatoms. The average molecular weight is 369 g/mol. The van der Waals surface area contributed by atoms with E-state index in [1.54, 1.807) is 32.3 Å². The molecule has 1 atom stereocenters. The van der Waals surface area contributed by atoms with Gasteiger partial charge in [-0.15, -0.1) is 0 Å². The van der Waals surface area contributed by atoms with Crippen LogP contribution in [0.25, 0.3) is 0 Å². The van der Waals surface area contributed by atoms with Crippen LogP contribution >= 0.6 is 27.5 Å². The summed E-state index contributed by atoms with van der Waals surface area (Å²) in [5.41, 5.74) is 0.804. The second-order valence-electron chi connectivity index (χ2n) is 4.72. The van der Waals surface area contributed by atoms with Crippen molar-refractivity contribution in [3.05, 3.63) is 63.6 Å². The summed E-state index contributed by atoms with van der Waals surface area (Å²) >= 11 is 9.32. The molecular formula is C16H15BrClNO2. The van der Waals surface area contributed by atoms with Crippen molar-refractivity contribution in [2.75, 3.05) is 14.1 Å². The Labute approximate surface area is 137 Å². The maximum Gasteiger partial charge on any atom is 0.267 e. The predicted molar refractivity (Wildman–Crippen MR) is 87.7 cm³/mol. The molecule has 0 fully saturated rings. The minimum absolute atomic E-state index is 0.122. The fraction of sp³-hybridized carbons (Fsp3) is 0.188. The second kappa shape index (κ2) is 6.96. The first-order chi connectivity index (χ1) is 9.99. The van der Waals surface area contributed by atoms with Crippen molar-refractivity contribution < 1.29 is 9.53 Å². The van der Waals surface area contributed by atoms with Crippen LogP contribution in [0.4, 0.5) is 0 Å². The van der Waals surface area contributed by atoms with Crippen molar-refractivity contribution in [1.29, 1.82) is 0 Å². The summed E-state index contributed by atoms with van der Waals surface area (Å²) in [5, 5.41) is 0.601. The molecule has 0 saturated heterocycles. The van der Waals surface area contributed by atoms with Crippen LogP contribution in [0.2, 0.25) is 5.02 Å². The fourth-order valence-electron chi connectivity index (χ4n) is 1.82. The number of amides is 1. The van der Waals surface area contributed by atoms with E-state index in [9.17, 15) is 4.79 Å². The van der Waals surface area contributed by atoms with E-state index in [2.05, 4.69) is 15.9 Å². The van der Waals surface area contributed by atoms with Crippen molar-refractivity contribution in [3.63, 3.8) is 0 Å². The van der Waals surface area contributed by atoms with E-state index in [1.807, 2.05) is 30.3 Å². The molecule has 0 aliphatic heterocycles. The van der Waals surface area contributed by atoms with Crippen LogP contribution < -0.4 is 4.74 Å². The average Bonchev–Trinajstić information content (AvgIpc) is 2.46. The van der Waals surface area contributed by atoms with Crippen molar-refractivity contribution in [3.8, 4) is 5.75 Å². The van der Waals surface area contributed by atoms with Gasteiger partial charge in [0.2, 0.25) is 6.10 Å². The van der Waals surface area contributed by atoms with E-state index in [-0.39, 0.29) is 5.91 Å². The van der Waals surface area contributed by atoms with Crippen molar-refractivity contribution >= 4 is 33.4 Å². The topological polar surface area (TPSA) is 29.5 Å². The van der Waals surface area contributed by atoms with E-state index < -0.39 is 6.10 Å². The van der Waals surface area contributed by atoms with Gasteiger partial charge in [0.1, 0.15) is 5.75 Å². The molecule has 1 amide bonds. The van der Waals surface area contributed by atoms with Crippen LogP contribution in [-0.4, -0.2) is 24.9 Å². The van der Waals surface area contributed by atoms with Gasteiger partial charge in [-0.25, -0.2) is 0 Å². The Bertz CT molecular complexity index is 631. The predicted octanol–water partition coefficient (Wildman–Crippen LogP) is 4.31. The standard InChI is InChI=1S/C16H15BrClNO2/c1-19(2)16(20)15(11-6-4-3-5-7-11)21-14-9-8-12(18)10-13(14)17/h3-10,15H,1-2H3. The molecule has 2 aromatic rings. The summed E-state index contributed by atoms with van der Waals surface area (Å²) in [6.07, 6.45) is -0.696. The second-order valence-corrected chi connectivity index (χ2v) is 6.01. The number of rotatable bonds is 4. The lowest BCUT2D eigenvalue weighted by molar-refractivity contribution is -0.136. The maximum atomic E-state index is 12.4. The van der Waals surface area contributed by atoms with Gasteiger partial charge in [0.05, 0.1) is 4.47 Å². The van der Waals surface area contributed by atoms with Crippen LogP contribution in [0.5, 0.6) is 5.75 Å². The molecule has 0 radical (unpaired) electrons. The van der Waals surface area contributed by atoms with Gasteiger partial charge in [0, 0.05) is 24.7 Å². The Morgan fingerprint density at radius 3 is 2.43 bits per heavy atom. The Morgan fingerprint density at radius 2 is 1.86 bits per heavy atom. The largest absolute Gasteiger partial charge is 0.475 e. The number of benzene rings is 2. The van der Waals surface area contributed by atoms with E-state index in [4.69, 9.17) is 16.3 Å². The lowest BCUT2D eigenvalue weighted by Gasteiger charge is -2.22. The third-order valence-corrected chi connectivity index (χ3v) is 3.76. The number of carbonyl (C=O) groups excluding carboxylic acids is 1. The summed E-state index contributed by atoms with van der Waals surface area (Å²) in [4.78, 5) is 13.9. The highest BCUT2D eigenvalue weighted by Gasteiger charge is 2.24. The molecule has 3 nitrogen and oxygen atoms in total. The first-order valence-electron chi connectivity index (χ1n) is 6.37. The highest BCUT2D eigenvalue weighted by atomic mass is 79.9. The van der Waals surface area contributed by atoms with Gasteiger partial charge < -0.3 is 9.64 Å². The molecule has 0 aliphatic rings. The number of hydrogen-bond acceptors (Lipinski definition) is 2. The van der Waals surface area contributed by atoms with Gasteiger partial charge in [-0.3, -0.25) is 4.79 Å². The van der Waals surface area contributed by atoms with E-state index >= 15 is 0 Å². The molecule has 21 heavy (non-hydrogen) atoms. The molecule has 0 bridgehead atoms. The molecule has 1 unspecified atom stereocenters. The van der Waals surface area contributed by atoms with Crippen LogP contribution in [0, 0.1) is 0 Å². The maximum absolute atomic E-state index is 12.4. The van der Waals surface area contributed by atoms with Gasteiger partial charge in [0.25, 0.3) is 5.91 Å². The molecule has 0 N–H and O–H groups in total.